The van der Waals surface area contributed by atoms with Crippen molar-refractivity contribution in [3.63, 3.8) is 0 Å². The second kappa shape index (κ2) is 10.6. The highest BCUT2D eigenvalue weighted by atomic mass is 16.5. The zero-order chi connectivity index (χ0) is 24.1. The van der Waals surface area contributed by atoms with Crippen LogP contribution in [0, 0.1) is 0 Å². The van der Waals surface area contributed by atoms with Gasteiger partial charge in [-0.3, -0.25) is 19.7 Å². The quantitative estimate of drug-likeness (QED) is 0.209. The number of aliphatic hydroxyl groups excluding tert-OH is 1. The Morgan fingerprint density at radius 2 is 2.03 bits per heavy atom. The number of hydrogen-bond acceptors (Lipinski definition) is 5. The Labute approximate surface area is 198 Å². The SMILES string of the molecule is NC(=O)Cn1cc(CCN(CCO)C2CCc3cc(C=CC(=O)NO)ccc32)c2ccccc21. The zero-order valence-electron chi connectivity index (χ0n) is 19.0. The zero-order valence-corrected chi connectivity index (χ0v) is 19.0. The lowest BCUT2D eigenvalue weighted by atomic mass is 10.0. The Morgan fingerprint density at radius 1 is 1.21 bits per heavy atom. The third-order valence-corrected chi connectivity index (χ3v) is 6.44. The van der Waals surface area contributed by atoms with E-state index in [9.17, 15) is 14.7 Å². The molecule has 0 fully saturated rings. The maximum absolute atomic E-state index is 11.5. The molecule has 8 heteroatoms. The molecule has 0 saturated carbocycles. The maximum atomic E-state index is 11.5. The fraction of sp³-hybridized carbons (Fsp3) is 0.308. The van der Waals surface area contributed by atoms with Crippen LogP contribution in [0.2, 0.25) is 0 Å². The molecular formula is C26H30N4O4. The summed E-state index contributed by atoms with van der Waals surface area (Å²) in [6.07, 6.45) is 7.65. The smallest absolute Gasteiger partial charge is 0.267 e. The van der Waals surface area contributed by atoms with E-state index >= 15 is 0 Å². The Balaban J connectivity index is 1.52. The predicted molar refractivity (Wildman–Crippen MR) is 130 cm³/mol. The molecule has 1 aliphatic rings. The number of primary amides is 1. The first-order valence-electron chi connectivity index (χ1n) is 11.4. The van der Waals surface area contributed by atoms with Gasteiger partial charge in [0.1, 0.15) is 6.54 Å². The van der Waals surface area contributed by atoms with Crippen LogP contribution in [-0.4, -0.2) is 51.3 Å². The molecular weight excluding hydrogens is 432 g/mol. The number of benzene rings is 2. The largest absolute Gasteiger partial charge is 0.395 e. The molecule has 0 bridgehead atoms. The molecule has 1 atom stereocenters. The number of hydrogen-bond donors (Lipinski definition) is 4. The molecule has 2 amide bonds. The van der Waals surface area contributed by atoms with Gasteiger partial charge in [0.25, 0.3) is 5.91 Å². The van der Waals surface area contributed by atoms with Crippen molar-refractivity contribution in [2.75, 3.05) is 19.7 Å². The Hall–Kier alpha value is -3.46. The molecule has 3 aromatic rings. The van der Waals surface area contributed by atoms with Crippen LogP contribution in [0.5, 0.6) is 0 Å². The van der Waals surface area contributed by atoms with Crippen molar-refractivity contribution in [3.8, 4) is 0 Å². The fourth-order valence-electron chi connectivity index (χ4n) is 4.94. The average molecular weight is 463 g/mol. The Morgan fingerprint density at radius 3 is 2.79 bits per heavy atom. The number of rotatable bonds is 10. The second-order valence-corrected chi connectivity index (χ2v) is 8.60. The van der Waals surface area contributed by atoms with E-state index in [1.807, 2.05) is 35.0 Å². The number of amides is 2. The molecule has 8 nitrogen and oxygen atoms in total. The van der Waals surface area contributed by atoms with Crippen molar-refractivity contribution < 1.29 is 19.9 Å². The number of carbonyl (C=O) groups is 2. The molecule has 2 aromatic carbocycles. The van der Waals surface area contributed by atoms with E-state index in [4.69, 9.17) is 10.9 Å². The normalized spacial score (nSPS) is 15.3. The summed E-state index contributed by atoms with van der Waals surface area (Å²) in [6, 6.07) is 14.4. The summed E-state index contributed by atoms with van der Waals surface area (Å²) in [4.78, 5) is 25.1. The number of aryl methyl sites for hydroxylation is 1. The highest BCUT2D eigenvalue weighted by Crippen LogP contribution is 2.36. The first-order valence-corrected chi connectivity index (χ1v) is 11.4. The summed E-state index contributed by atoms with van der Waals surface area (Å²) < 4.78 is 1.90. The highest BCUT2D eigenvalue weighted by molar-refractivity contribution is 5.90. The van der Waals surface area contributed by atoms with Gasteiger partial charge >= 0.3 is 0 Å². The van der Waals surface area contributed by atoms with Crippen LogP contribution < -0.4 is 11.2 Å². The molecule has 0 radical (unpaired) electrons. The van der Waals surface area contributed by atoms with Gasteiger partial charge in [0.2, 0.25) is 5.91 Å². The second-order valence-electron chi connectivity index (χ2n) is 8.60. The van der Waals surface area contributed by atoms with Crippen molar-refractivity contribution in [1.29, 1.82) is 0 Å². The van der Waals surface area contributed by atoms with Crippen LogP contribution in [0.4, 0.5) is 0 Å². The van der Waals surface area contributed by atoms with Gasteiger partial charge in [-0.15, -0.1) is 0 Å². The number of carbonyl (C=O) groups excluding carboxylic acids is 2. The van der Waals surface area contributed by atoms with E-state index in [0.29, 0.717) is 6.54 Å². The molecule has 1 aromatic heterocycles. The van der Waals surface area contributed by atoms with Crippen LogP contribution in [0.25, 0.3) is 17.0 Å². The molecule has 1 heterocycles. The van der Waals surface area contributed by atoms with Gasteiger partial charge in [-0.25, -0.2) is 5.48 Å². The number of hydroxylamine groups is 1. The summed E-state index contributed by atoms with van der Waals surface area (Å²) in [5.74, 6) is -0.937. The van der Waals surface area contributed by atoms with Gasteiger partial charge in [0, 0.05) is 42.3 Å². The molecule has 1 aliphatic carbocycles. The molecule has 5 N–H and O–H groups in total. The summed E-state index contributed by atoms with van der Waals surface area (Å²) in [7, 11) is 0. The molecule has 1 unspecified atom stereocenters. The molecule has 0 aliphatic heterocycles. The van der Waals surface area contributed by atoms with Gasteiger partial charge in [-0.2, -0.15) is 0 Å². The van der Waals surface area contributed by atoms with Crippen molar-refractivity contribution in [2.24, 2.45) is 5.73 Å². The van der Waals surface area contributed by atoms with Crippen LogP contribution in [0.3, 0.4) is 0 Å². The minimum Gasteiger partial charge on any atom is -0.395 e. The van der Waals surface area contributed by atoms with Crippen LogP contribution in [-0.2, 0) is 29.0 Å². The molecule has 0 saturated heterocycles. The highest BCUT2D eigenvalue weighted by Gasteiger charge is 2.28. The number of nitrogens with two attached hydrogens (primary N) is 1. The molecule has 34 heavy (non-hydrogen) atoms. The van der Waals surface area contributed by atoms with E-state index in [2.05, 4.69) is 23.1 Å². The Bertz CT molecular complexity index is 1220. The molecule has 178 valence electrons. The fourth-order valence-corrected chi connectivity index (χ4v) is 4.94. The van der Waals surface area contributed by atoms with Gasteiger partial charge in [-0.1, -0.05) is 36.4 Å². The number of fused-ring (bicyclic) bond motifs is 2. The maximum Gasteiger partial charge on any atom is 0.267 e. The van der Waals surface area contributed by atoms with E-state index in [1.54, 1.807) is 11.6 Å². The third kappa shape index (κ3) is 5.20. The van der Waals surface area contributed by atoms with Crippen molar-refractivity contribution >= 4 is 28.8 Å². The number of aromatic nitrogens is 1. The van der Waals surface area contributed by atoms with Gasteiger partial charge in [0.05, 0.1) is 6.61 Å². The third-order valence-electron chi connectivity index (χ3n) is 6.44. The first kappa shape index (κ1) is 23.7. The van der Waals surface area contributed by atoms with E-state index < -0.39 is 5.91 Å². The summed E-state index contributed by atoms with van der Waals surface area (Å²) in [5.41, 5.74) is 12.6. The minimum absolute atomic E-state index is 0.0758. The predicted octanol–water partition coefficient (Wildman–Crippen LogP) is 2.17. The average Bonchev–Trinajstić information content (AvgIpc) is 3.41. The van der Waals surface area contributed by atoms with Crippen LogP contribution >= 0.6 is 0 Å². The lowest BCUT2D eigenvalue weighted by molar-refractivity contribution is -0.124. The minimum atomic E-state index is -0.565. The Kier molecular flexibility index (Phi) is 7.42. The lowest BCUT2D eigenvalue weighted by Crippen LogP contribution is -2.32. The number of nitrogens with one attached hydrogen (secondary N) is 1. The topological polar surface area (TPSA) is 121 Å². The van der Waals surface area contributed by atoms with Crippen LogP contribution in [0.15, 0.2) is 54.7 Å². The number of nitrogens with zero attached hydrogens (tertiary/aromatic N) is 2. The van der Waals surface area contributed by atoms with Gasteiger partial charge < -0.3 is 15.4 Å². The van der Waals surface area contributed by atoms with E-state index in [-0.39, 0.29) is 25.1 Å². The van der Waals surface area contributed by atoms with Gasteiger partial charge in [0.15, 0.2) is 0 Å². The van der Waals surface area contributed by atoms with E-state index in [0.717, 1.165) is 47.8 Å². The van der Waals surface area contributed by atoms with Crippen LogP contribution in [0.1, 0.15) is 34.7 Å². The summed E-state index contributed by atoms with van der Waals surface area (Å²) in [5, 5.41) is 19.5. The van der Waals surface area contributed by atoms with Crippen molar-refractivity contribution in [2.45, 2.75) is 31.8 Å². The standard InChI is InChI=1S/C26H30N4O4/c27-25(32)17-30-16-20(21-3-1-2-4-23(21)30)11-12-29(13-14-31)24-9-7-19-15-18(5-8-22(19)24)6-10-26(33)28-34/h1-6,8,10,15-16,24,31,34H,7,9,11-14,17H2,(H2,27,32)(H,28,33). The number of aliphatic hydroxyl groups is 1. The van der Waals surface area contributed by atoms with E-state index in [1.165, 1.54) is 17.2 Å². The number of para-hydroxylation sites is 1. The van der Waals surface area contributed by atoms with Gasteiger partial charge in [-0.05, 0) is 53.7 Å². The first-order chi connectivity index (χ1) is 16.5. The van der Waals surface area contributed by atoms with Crippen molar-refractivity contribution in [3.05, 3.63) is 77.0 Å². The summed E-state index contributed by atoms with van der Waals surface area (Å²) in [6.45, 7) is 1.57. The monoisotopic (exact) mass is 462 g/mol. The summed E-state index contributed by atoms with van der Waals surface area (Å²) >= 11 is 0. The molecule has 0 spiro atoms. The van der Waals surface area contributed by atoms with Crippen molar-refractivity contribution in [1.82, 2.24) is 14.9 Å². The molecule has 4 rings (SSSR count). The lowest BCUT2D eigenvalue weighted by Gasteiger charge is -2.29.